The minimum Gasteiger partial charge on any atom is -0.465 e. The Morgan fingerprint density at radius 1 is 1.18 bits per heavy atom. The molecule has 0 aromatic heterocycles. The monoisotopic (exact) mass is 389 g/mol. The minimum atomic E-state index is -1.27. The summed E-state index contributed by atoms with van der Waals surface area (Å²) in [6, 6.07) is 7.28. The number of aliphatic hydroxyl groups excluding tert-OH is 1. The molecule has 2 aliphatic rings. The Balaban J connectivity index is 1.59. The number of nitrogens with zero attached hydrogens (tertiary/aromatic N) is 1. The van der Waals surface area contributed by atoms with E-state index >= 15 is 0 Å². The van der Waals surface area contributed by atoms with Crippen molar-refractivity contribution in [1.82, 2.24) is 4.90 Å². The van der Waals surface area contributed by atoms with Crippen molar-refractivity contribution in [2.24, 2.45) is 0 Å². The van der Waals surface area contributed by atoms with Crippen LogP contribution >= 0.6 is 0 Å². The van der Waals surface area contributed by atoms with Crippen LogP contribution in [0.25, 0.3) is 0 Å². The van der Waals surface area contributed by atoms with E-state index in [1.807, 2.05) is 29.2 Å². The van der Waals surface area contributed by atoms with Gasteiger partial charge in [0.1, 0.15) is 12.1 Å². The van der Waals surface area contributed by atoms with Gasteiger partial charge >= 0.3 is 11.9 Å². The minimum absolute atomic E-state index is 0.264. The molecule has 3 rings (SSSR count). The molecule has 1 N–H and O–H groups in total. The summed E-state index contributed by atoms with van der Waals surface area (Å²) in [5.41, 5.74) is 1.72. The number of aliphatic hydroxyl groups is 1. The van der Waals surface area contributed by atoms with E-state index in [0.29, 0.717) is 37.6 Å². The van der Waals surface area contributed by atoms with Gasteiger partial charge in [-0.05, 0) is 50.2 Å². The summed E-state index contributed by atoms with van der Waals surface area (Å²) in [4.78, 5) is 26.5. The van der Waals surface area contributed by atoms with E-state index in [1.54, 1.807) is 13.8 Å². The van der Waals surface area contributed by atoms with E-state index in [9.17, 15) is 14.7 Å². The lowest BCUT2D eigenvalue weighted by Crippen LogP contribution is -2.39. The summed E-state index contributed by atoms with van der Waals surface area (Å²) in [5, 5.41) is 10.7. The summed E-state index contributed by atoms with van der Waals surface area (Å²) in [5.74, 6) is -0.466. The van der Waals surface area contributed by atoms with Gasteiger partial charge in [-0.25, -0.2) is 4.79 Å². The van der Waals surface area contributed by atoms with Crippen LogP contribution in [0.3, 0.4) is 0 Å². The first-order valence-electron chi connectivity index (χ1n) is 10.4. The molecule has 2 fully saturated rings. The van der Waals surface area contributed by atoms with Crippen LogP contribution in [0.1, 0.15) is 69.1 Å². The van der Waals surface area contributed by atoms with E-state index in [2.05, 4.69) is 0 Å². The molecule has 1 aromatic rings. The van der Waals surface area contributed by atoms with Crippen molar-refractivity contribution in [3.05, 3.63) is 35.4 Å². The second kappa shape index (κ2) is 9.52. The molecule has 1 heterocycles. The normalized spacial score (nSPS) is 22.8. The molecular weight excluding hydrogens is 358 g/mol. The Hall–Kier alpha value is -1.92. The van der Waals surface area contributed by atoms with Crippen LogP contribution in [-0.2, 0) is 19.1 Å². The average Bonchev–Trinajstić information content (AvgIpc) is 3.39. The van der Waals surface area contributed by atoms with E-state index in [4.69, 9.17) is 9.47 Å². The van der Waals surface area contributed by atoms with E-state index in [0.717, 1.165) is 18.4 Å². The fourth-order valence-corrected chi connectivity index (χ4v) is 4.34. The highest BCUT2D eigenvalue weighted by Gasteiger charge is 2.34. The summed E-state index contributed by atoms with van der Waals surface area (Å²) in [6.07, 6.45) is 3.63. The number of carbonyl (C=O) groups excluding carboxylic acids is 2. The van der Waals surface area contributed by atoms with Crippen LogP contribution in [-0.4, -0.2) is 53.8 Å². The van der Waals surface area contributed by atoms with E-state index in [-0.39, 0.29) is 18.1 Å². The smallest absolute Gasteiger partial charge is 0.339 e. The molecule has 0 spiro atoms. The number of likely N-dealkylation sites (tertiary alicyclic amines) is 1. The Morgan fingerprint density at radius 3 is 2.61 bits per heavy atom. The van der Waals surface area contributed by atoms with Crippen molar-refractivity contribution >= 4 is 11.9 Å². The maximum atomic E-state index is 12.6. The lowest BCUT2D eigenvalue weighted by molar-refractivity contribution is -0.159. The van der Waals surface area contributed by atoms with Crippen LogP contribution in [0.2, 0.25) is 0 Å². The molecule has 1 saturated heterocycles. The number of carbonyl (C=O) groups is 2. The molecular formula is C22H31NO5. The maximum absolute atomic E-state index is 12.6. The van der Waals surface area contributed by atoms with Gasteiger partial charge in [0.25, 0.3) is 0 Å². The van der Waals surface area contributed by atoms with Crippen LogP contribution < -0.4 is 0 Å². The zero-order valence-corrected chi connectivity index (χ0v) is 16.8. The zero-order valence-electron chi connectivity index (χ0n) is 16.8. The molecule has 1 aliphatic carbocycles. The molecule has 0 radical (unpaired) electrons. The Bertz CT molecular complexity index is 685. The first kappa shape index (κ1) is 20.8. The van der Waals surface area contributed by atoms with Gasteiger partial charge in [-0.2, -0.15) is 0 Å². The van der Waals surface area contributed by atoms with Gasteiger partial charge in [0.2, 0.25) is 0 Å². The SMILES string of the molecule is CCOC(=O)C(C)N1CCC(OC(=O)[C@H](O)c2ccccc2C2CCCC2)C1. The molecule has 6 heteroatoms. The molecule has 1 aromatic carbocycles. The number of rotatable bonds is 7. The van der Waals surface area contributed by atoms with Crippen LogP contribution in [0, 0.1) is 0 Å². The molecule has 3 atom stereocenters. The second-order valence-corrected chi connectivity index (χ2v) is 7.78. The third-order valence-corrected chi connectivity index (χ3v) is 5.94. The molecule has 6 nitrogen and oxygen atoms in total. The average molecular weight is 389 g/mol. The van der Waals surface area contributed by atoms with Gasteiger partial charge in [0, 0.05) is 13.1 Å². The number of esters is 2. The lowest BCUT2D eigenvalue weighted by Gasteiger charge is -2.23. The number of hydrogen-bond acceptors (Lipinski definition) is 6. The lowest BCUT2D eigenvalue weighted by atomic mass is 9.90. The molecule has 2 unspecified atom stereocenters. The molecule has 0 amide bonds. The number of ether oxygens (including phenoxy) is 2. The maximum Gasteiger partial charge on any atom is 0.339 e. The van der Waals surface area contributed by atoms with Gasteiger partial charge in [-0.3, -0.25) is 9.69 Å². The van der Waals surface area contributed by atoms with Crippen molar-refractivity contribution in [1.29, 1.82) is 0 Å². The molecule has 28 heavy (non-hydrogen) atoms. The van der Waals surface area contributed by atoms with Crippen molar-refractivity contribution in [2.45, 2.75) is 70.1 Å². The van der Waals surface area contributed by atoms with Crippen molar-refractivity contribution in [3.8, 4) is 0 Å². The second-order valence-electron chi connectivity index (χ2n) is 7.78. The first-order chi connectivity index (χ1) is 13.5. The summed E-state index contributed by atoms with van der Waals surface area (Å²) < 4.78 is 10.6. The highest BCUT2D eigenvalue weighted by Crippen LogP contribution is 2.37. The Morgan fingerprint density at radius 2 is 1.89 bits per heavy atom. The van der Waals surface area contributed by atoms with Crippen molar-refractivity contribution in [3.63, 3.8) is 0 Å². The van der Waals surface area contributed by atoms with Crippen molar-refractivity contribution < 1.29 is 24.2 Å². The summed E-state index contributed by atoms with van der Waals surface area (Å²) in [6.45, 7) is 5.07. The van der Waals surface area contributed by atoms with Crippen LogP contribution in [0.15, 0.2) is 24.3 Å². The van der Waals surface area contributed by atoms with Gasteiger partial charge < -0.3 is 14.6 Å². The largest absolute Gasteiger partial charge is 0.465 e. The number of hydrogen-bond donors (Lipinski definition) is 1. The molecule has 0 bridgehead atoms. The zero-order chi connectivity index (χ0) is 20.1. The fraction of sp³-hybridized carbons (Fsp3) is 0.636. The van der Waals surface area contributed by atoms with E-state index in [1.165, 1.54) is 12.8 Å². The van der Waals surface area contributed by atoms with Crippen molar-refractivity contribution in [2.75, 3.05) is 19.7 Å². The molecule has 1 saturated carbocycles. The van der Waals surface area contributed by atoms with E-state index < -0.39 is 12.1 Å². The van der Waals surface area contributed by atoms with Gasteiger partial charge in [0.15, 0.2) is 6.10 Å². The highest BCUT2D eigenvalue weighted by molar-refractivity contribution is 5.77. The van der Waals surface area contributed by atoms with Crippen LogP contribution in [0.4, 0.5) is 0 Å². The number of benzene rings is 1. The molecule has 154 valence electrons. The standard InChI is InChI=1S/C22H31NO5/c1-3-27-21(25)15(2)23-13-12-17(14-23)28-22(26)20(24)19-11-7-6-10-18(19)16-8-4-5-9-16/h6-7,10-11,15-17,20,24H,3-5,8-9,12-14H2,1-2H3/t15?,17?,20-/m1/s1. The topological polar surface area (TPSA) is 76.1 Å². The van der Waals surface area contributed by atoms with Gasteiger partial charge in [-0.15, -0.1) is 0 Å². The quantitative estimate of drug-likeness (QED) is 0.723. The Kier molecular flexibility index (Phi) is 7.08. The predicted octanol–water partition coefficient (Wildman–Crippen LogP) is 2.95. The molecule has 1 aliphatic heterocycles. The third-order valence-electron chi connectivity index (χ3n) is 5.94. The predicted molar refractivity (Wildman–Crippen MR) is 105 cm³/mol. The first-order valence-corrected chi connectivity index (χ1v) is 10.4. The summed E-state index contributed by atoms with van der Waals surface area (Å²) >= 11 is 0. The van der Waals surface area contributed by atoms with Crippen LogP contribution in [0.5, 0.6) is 0 Å². The van der Waals surface area contributed by atoms with Gasteiger partial charge in [0.05, 0.1) is 6.61 Å². The third kappa shape index (κ3) is 4.73. The summed E-state index contributed by atoms with van der Waals surface area (Å²) in [7, 11) is 0. The Labute approximate surface area is 166 Å². The fourth-order valence-electron chi connectivity index (χ4n) is 4.34. The highest BCUT2D eigenvalue weighted by atomic mass is 16.6. The van der Waals surface area contributed by atoms with Gasteiger partial charge in [-0.1, -0.05) is 37.1 Å².